The maximum Gasteiger partial charge on any atom is 0.222 e. The van der Waals surface area contributed by atoms with Gasteiger partial charge in [-0.15, -0.1) is 0 Å². The predicted octanol–water partition coefficient (Wildman–Crippen LogP) is 2.24. The van der Waals surface area contributed by atoms with Crippen LogP contribution in [0.5, 0.6) is 11.6 Å². The Labute approximate surface area is 102 Å². The molecule has 5 nitrogen and oxygen atoms in total. The van der Waals surface area contributed by atoms with E-state index in [4.69, 9.17) is 10.5 Å². The third kappa shape index (κ3) is 1.84. The van der Waals surface area contributed by atoms with E-state index in [1.54, 1.807) is 35.1 Å². The number of nitrogens with zero attached hydrogens (tertiary/aromatic N) is 3. The van der Waals surface area contributed by atoms with Crippen LogP contribution in [0.3, 0.4) is 0 Å². The van der Waals surface area contributed by atoms with E-state index in [2.05, 4.69) is 10.1 Å². The van der Waals surface area contributed by atoms with Gasteiger partial charge < -0.3 is 10.5 Å². The number of benzene rings is 1. The molecule has 3 aromatic rings. The Morgan fingerprint density at radius 3 is 2.94 bits per heavy atom. The van der Waals surface area contributed by atoms with Crippen LogP contribution in [0.2, 0.25) is 0 Å². The van der Waals surface area contributed by atoms with Crippen LogP contribution in [0.1, 0.15) is 0 Å². The molecule has 2 N–H and O–H groups in total. The zero-order valence-electron chi connectivity index (χ0n) is 9.25. The van der Waals surface area contributed by atoms with Gasteiger partial charge in [-0.2, -0.15) is 10.1 Å². The van der Waals surface area contributed by atoms with Crippen molar-refractivity contribution >= 4 is 11.3 Å². The molecule has 18 heavy (non-hydrogen) atoms. The summed E-state index contributed by atoms with van der Waals surface area (Å²) in [6.07, 6.45) is 3.31. The van der Waals surface area contributed by atoms with Crippen molar-refractivity contribution in [2.75, 3.05) is 5.73 Å². The molecule has 1 aromatic carbocycles. The maximum atomic E-state index is 13.5. The number of anilines is 1. The van der Waals surface area contributed by atoms with Crippen molar-refractivity contribution in [3.63, 3.8) is 0 Å². The molecule has 0 radical (unpaired) electrons. The average Bonchev–Trinajstić information content (AvgIpc) is 2.80. The first-order valence-corrected chi connectivity index (χ1v) is 5.26. The molecule has 2 heterocycles. The fraction of sp³-hybridized carbons (Fsp3) is 0. The van der Waals surface area contributed by atoms with Gasteiger partial charge in [0.15, 0.2) is 17.2 Å². The van der Waals surface area contributed by atoms with Crippen LogP contribution >= 0.6 is 0 Å². The van der Waals surface area contributed by atoms with E-state index < -0.39 is 5.82 Å². The normalized spacial score (nSPS) is 10.7. The van der Waals surface area contributed by atoms with Crippen LogP contribution in [0.4, 0.5) is 10.1 Å². The SMILES string of the molecule is Nc1ccc(Oc2ccn3nccc3n2)c(F)c1. The van der Waals surface area contributed by atoms with Crippen molar-refractivity contribution in [2.45, 2.75) is 0 Å². The number of halogens is 1. The molecule has 0 aliphatic rings. The zero-order chi connectivity index (χ0) is 12.5. The van der Waals surface area contributed by atoms with Gasteiger partial charge in [-0.1, -0.05) is 0 Å². The number of hydrogen-bond acceptors (Lipinski definition) is 4. The van der Waals surface area contributed by atoms with E-state index in [-0.39, 0.29) is 5.75 Å². The highest BCUT2D eigenvalue weighted by Crippen LogP contribution is 2.24. The van der Waals surface area contributed by atoms with Crippen molar-refractivity contribution < 1.29 is 9.13 Å². The molecule has 2 aromatic heterocycles. The molecule has 0 spiro atoms. The summed E-state index contributed by atoms with van der Waals surface area (Å²) in [5.74, 6) is -0.141. The molecular weight excluding hydrogens is 235 g/mol. The summed E-state index contributed by atoms with van der Waals surface area (Å²) in [6, 6.07) is 7.57. The number of nitrogen functional groups attached to an aromatic ring is 1. The van der Waals surface area contributed by atoms with Crippen LogP contribution in [0, 0.1) is 5.82 Å². The first kappa shape index (κ1) is 10.5. The molecule has 3 rings (SSSR count). The van der Waals surface area contributed by atoms with Gasteiger partial charge in [0.25, 0.3) is 0 Å². The van der Waals surface area contributed by atoms with Crippen molar-refractivity contribution in [1.29, 1.82) is 0 Å². The lowest BCUT2D eigenvalue weighted by molar-refractivity contribution is 0.428. The molecule has 0 atom stereocenters. The van der Waals surface area contributed by atoms with E-state index in [1.807, 2.05) is 0 Å². The van der Waals surface area contributed by atoms with Crippen LogP contribution < -0.4 is 10.5 Å². The molecule has 0 fully saturated rings. The average molecular weight is 244 g/mol. The van der Waals surface area contributed by atoms with Gasteiger partial charge in [0.05, 0.1) is 6.20 Å². The van der Waals surface area contributed by atoms with Gasteiger partial charge in [0, 0.05) is 30.1 Å². The summed E-state index contributed by atoms with van der Waals surface area (Å²) in [4.78, 5) is 4.17. The quantitative estimate of drug-likeness (QED) is 0.702. The predicted molar refractivity (Wildman–Crippen MR) is 63.9 cm³/mol. The van der Waals surface area contributed by atoms with Crippen LogP contribution in [0.25, 0.3) is 5.65 Å². The number of ether oxygens (including phenoxy) is 1. The van der Waals surface area contributed by atoms with Gasteiger partial charge in [-0.05, 0) is 12.1 Å². The Morgan fingerprint density at radius 2 is 2.11 bits per heavy atom. The van der Waals surface area contributed by atoms with Crippen LogP contribution in [-0.2, 0) is 0 Å². The Morgan fingerprint density at radius 1 is 1.22 bits per heavy atom. The van der Waals surface area contributed by atoms with E-state index in [9.17, 15) is 4.39 Å². The largest absolute Gasteiger partial charge is 0.436 e. The molecule has 0 saturated heterocycles. The Bertz CT molecular complexity index is 710. The molecule has 0 aliphatic heterocycles. The van der Waals surface area contributed by atoms with E-state index >= 15 is 0 Å². The van der Waals surface area contributed by atoms with Gasteiger partial charge in [0.2, 0.25) is 5.88 Å². The topological polar surface area (TPSA) is 65.4 Å². The number of hydrogen-bond donors (Lipinski definition) is 1. The van der Waals surface area contributed by atoms with E-state index in [0.29, 0.717) is 17.2 Å². The second kappa shape index (κ2) is 3.99. The van der Waals surface area contributed by atoms with Gasteiger partial charge >= 0.3 is 0 Å². The first-order chi connectivity index (χ1) is 8.72. The Hall–Kier alpha value is -2.63. The number of fused-ring (bicyclic) bond motifs is 1. The lowest BCUT2D eigenvalue weighted by Gasteiger charge is -2.06. The summed E-state index contributed by atoms with van der Waals surface area (Å²) < 4.78 is 20.5. The fourth-order valence-corrected chi connectivity index (χ4v) is 1.56. The number of aromatic nitrogens is 3. The lowest BCUT2D eigenvalue weighted by Crippen LogP contribution is -1.95. The number of nitrogens with two attached hydrogens (primary N) is 1. The summed E-state index contributed by atoms with van der Waals surface area (Å²) in [6.45, 7) is 0. The Balaban J connectivity index is 1.95. The highest BCUT2D eigenvalue weighted by atomic mass is 19.1. The molecular formula is C12H9FN4O. The van der Waals surface area contributed by atoms with Crippen LogP contribution in [-0.4, -0.2) is 14.6 Å². The molecule has 0 aliphatic carbocycles. The zero-order valence-corrected chi connectivity index (χ0v) is 9.25. The van der Waals surface area contributed by atoms with Gasteiger partial charge in [-0.25, -0.2) is 8.91 Å². The van der Waals surface area contributed by atoms with E-state index in [1.165, 1.54) is 12.1 Å². The summed E-state index contributed by atoms with van der Waals surface area (Å²) in [5, 5.41) is 4.00. The minimum atomic E-state index is -0.523. The van der Waals surface area contributed by atoms with E-state index in [0.717, 1.165) is 0 Å². The third-order valence-electron chi connectivity index (χ3n) is 2.40. The van der Waals surface area contributed by atoms with Crippen LogP contribution in [0.15, 0.2) is 42.7 Å². The standard InChI is InChI=1S/C12H9FN4O/c13-9-7-8(14)1-2-10(9)18-12-4-6-17-11(16-12)3-5-15-17/h1-7H,14H2. The minimum absolute atomic E-state index is 0.0839. The molecule has 0 unspecified atom stereocenters. The highest BCUT2D eigenvalue weighted by Gasteiger charge is 2.06. The summed E-state index contributed by atoms with van der Waals surface area (Å²) in [5.41, 5.74) is 6.43. The molecule has 0 bridgehead atoms. The Kier molecular flexibility index (Phi) is 2.33. The maximum absolute atomic E-state index is 13.5. The van der Waals surface area contributed by atoms with Crippen molar-refractivity contribution in [3.8, 4) is 11.6 Å². The molecule has 0 saturated carbocycles. The van der Waals surface area contributed by atoms with Gasteiger partial charge in [-0.3, -0.25) is 0 Å². The lowest BCUT2D eigenvalue weighted by atomic mass is 10.3. The third-order valence-corrected chi connectivity index (χ3v) is 2.40. The summed E-state index contributed by atoms with van der Waals surface area (Å²) >= 11 is 0. The van der Waals surface area contributed by atoms with Crippen molar-refractivity contribution in [3.05, 3.63) is 48.5 Å². The first-order valence-electron chi connectivity index (χ1n) is 5.26. The molecule has 6 heteroatoms. The minimum Gasteiger partial charge on any atom is -0.436 e. The second-order valence-electron chi connectivity index (χ2n) is 3.69. The second-order valence-corrected chi connectivity index (χ2v) is 3.69. The highest BCUT2D eigenvalue weighted by molar-refractivity contribution is 5.44. The molecule has 90 valence electrons. The molecule has 0 amide bonds. The van der Waals surface area contributed by atoms with Crippen molar-refractivity contribution in [2.24, 2.45) is 0 Å². The summed E-state index contributed by atoms with van der Waals surface area (Å²) in [7, 11) is 0. The van der Waals surface area contributed by atoms with Gasteiger partial charge in [0.1, 0.15) is 0 Å². The number of rotatable bonds is 2. The monoisotopic (exact) mass is 244 g/mol. The fourth-order valence-electron chi connectivity index (χ4n) is 1.56. The van der Waals surface area contributed by atoms with Crippen molar-refractivity contribution in [1.82, 2.24) is 14.6 Å². The smallest absolute Gasteiger partial charge is 0.222 e.